The van der Waals surface area contributed by atoms with Crippen LogP contribution in [0, 0.1) is 17.4 Å². The number of hydrogen-bond donors (Lipinski definition) is 1. The van der Waals surface area contributed by atoms with Crippen LogP contribution in [0.25, 0.3) is 0 Å². The van der Waals surface area contributed by atoms with E-state index in [1.54, 1.807) is 0 Å². The molecule has 0 saturated carbocycles. The summed E-state index contributed by atoms with van der Waals surface area (Å²) in [5, 5.41) is 0. The number of halogens is 2. The molecule has 19 heavy (non-hydrogen) atoms. The minimum absolute atomic E-state index is 0.0181. The molecule has 0 bridgehead atoms. The Labute approximate surface area is 136 Å². The zero-order valence-corrected chi connectivity index (χ0v) is 14.8. The maximum atomic E-state index is 6.38. The second-order valence-electron chi connectivity index (χ2n) is 4.91. The van der Waals surface area contributed by atoms with Gasteiger partial charge in [-0.3, -0.25) is 0 Å². The molecule has 1 nitrogen and oxygen atoms in total. The van der Waals surface area contributed by atoms with Gasteiger partial charge in [0.05, 0.1) is 0 Å². The summed E-state index contributed by atoms with van der Waals surface area (Å²) < 4.78 is 2.30. The fraction of sp³-hybridized carbons (Fsp3) is 0.250. The van der Waals surface area contributed by atoms with Gasteiger partial charge < -0.3 is 5.73 Å². The van der Waals surface area contributed by atoms with Crippen LogP contribution in [0.3, 0.4) is 0 Å². The Hall–Kier alpha value is -0.390. The lowest BCUT2D eigenvalue weighted by molar-refractivity contribution is 0.714. The average molecular weight is 430 g/mol. The van der Waals surface area contributed by atoms with Gasteiger partial charge in [0.15, 0.2) is 0 Å². The molecule has 2 N–H and O–H groups in total. The van der Waals surface area contributed by atoms with Gasteiger partial charge in [-0.2, -0.15) is 0 Å². The molecule has 100 valence electrons. The minimum Gasteiger partial charge on any atom is -0.324 e. The van der Waals surface area contributed by atoms with Crippen molar-refractivity contribution in [1.82, 2.24) is 0 Å². The lowest BCUT2D eigenvalue weighted by atomic mass is 9.95. The summed E-state index contributed by atoms with van der Waals surface area (Å²) in [6.45, 7) is 4.27. The van der Waals surface area contributed by atoms with Crippen LogP contribution < -0.4 is 5.73 Å². The summed E-state index contributed by atoms with van der Waals surface area (Å²) >= 11 is 5.92. The second-order valence-corrected chi connectivity index (χ2v) is 7.01. The molecular weight excluding hydrogens is 413 g/mol. The first-order valence-corrected chi connectivity index (χ1v) is 8.11. The molecule has 3 heteroatoms. The molecule has 0 amide bonds. The molecule has 0 aromatic heterocycles. The molecule has 1 unspecified atom stereocenters. The van der Waals surface area contributed by atoms with Crippen LogP contribution in [0.4, 0.5) is 0 Å². The Bertz CT molecular complexity index is 595. The Morgan fingerprint density at radius 1 is 1.16 bits per heavy atom. The number of benzene rings is 2. The Balaban J connectivity index is 2.27. The first kappa shape index (κ1) is 15.0. The third kappa shape index (κ3) is 3.80. The third-order valence-corrected chi connectivity index (χ3v) is 4.70. The van der Waals surface area contributed by atoms with Gasteiger partial charge in [-0.05, 0) is 77.7 Å². The van der Waals surface area contributed by atoms with E-state index in [0.717, 1.165) is 10.9 Å². The lowest BCUT2D eigenvalue weighted by Gasteiger charge is -2.16. The first-order chi connectivity index (χ1) is 8.97. The van der Waals surface area contributed by atoms with Crippen LogP contribution in [0.2, 0.25) is 0 Å². The summed E-state index contributed by atoms with van der Waals surface area (Å²) in [5.41, 5.74) is 11.5. The van der Waals surface area contributed by atoms with Gasteiger partial charge in [0, 0.05) is 14.1 Å². The second kappa shape index (κ2) is 6.37. The molecule has 0 saturated heterocycles. The Morgan fingerprint density at radius 3 is 2.63 bits per heavy atom. The zero-order chi connectivity index (χ0) is 14.0. The van der Waals surface area contributed by atoms with Gasteiger partial charge in [0.2, 0.25) is 0 Å². The van der Waals surface area contributed by atoms with Crippen molar-refractivity contribution >= 4 is 38.5 Å². The summed E-state index contributed by atoms with van der Waals surface area (Å²) in [4.78, 5) is 0. The van der Waals surface area contributed by atoms with Crippen molar-refractivity contribution < 1.29 is 0 Å². The van der Waals surface area contributed by atoms with Gasteiger partial charge in [-0.15, -0.1) is 0 Å². The monoisotopic (exact) mass is 429 g/mol. The van der Waals surface area contributed by atoms with E-state index < -0.39 is 0 Å². The van der Waals surface area contributed by atoms with E-state index in [4.69, 9.17) is 5.73 Å². The minimum atomic E-state index is 0.0181. The fourth-order valence-corrected chi connectivity index (χ4v) is 3.22. The van der Waals surface area contributed by atoms with Crippen molar-refractivity contribution in [1.29, 1.82) is 0 Å². The molecule has 2 rings (SSSR count). The van der Waals surface area contributed by atoms with E-state index in [-0.39, 0.29) is 6.04 Å². The standard InChI is InChI=1S/C16H17BrIN/c1-10-3-4-11(2)12(7-10)8-16(19)14-9-13(18)5-6-15(14)17/h3-7,9,16H,8,19H2,1-2H3. The number of nitrogens with two attached hydrogens (primary N) is 1. The molecule has 0 aliphatic carbocycles. The van der Waals surface area contributed by atoms with Crippen LogP contribution >= 0.6 is 38.5 Å². The van der Waals surface area contributed by atoms with Crippen LogP contribution in [0.15, 0.2) is 40.9 Å². The van der Waals surface area contributed by atoms with Crippen molar-refractivity contribution in [2.45, 2.75) is 26.3 Å². The van der Waals surface area contributed by atoms with E-state index in [1.807, 2.05) is 0 Å². The molecule has 2 aromatic rings. The van der Waals surface area contributed by atoms with Crippen molar-refractivity contribution in [3.8, 4) is 0 Å². The zero-order valence-electron chi connectivity index (χ0n) is 11.1. The van der Waals surface area contributed by atoms with Crippen molar-refractivity contribution in [3.05, 3.63) is 66.7 Å². The van der Waals surface area contributed by atoms with E-state index in [9.17, 15) is 0 Å². The predicted molar refractivity (Wildman–Crippen MR) is 93.4 cm³/mol. The summed E-state index contributed by atoms with van der Waals surface area (Å²) in [5.74, 6) is 0. The maximum Gasteiger partial charge on any atom is 0.0347 e. The molecule has 0 fully saturated rings. The quantitative estimate of drug-likeness (QED) is 0.689. The van der Waals surface area contributed by atoms with Crippen molar-refractivity contribution in [2.24, 2.45) is 5.73 Å². The SMILES string of the molecule is Cc1ccc(C)c(CC(N)c2cc(I)ccc2Br)c1. The highest BCUT2D eigenvalue weighted by Crippen LogP contribution is 2.27. The van der Waals surface area contributed by atoms with Crippen molar-refractivity contribution in [3.63, 3.8) is 0 Å². The van der Waals surface area contributed by atoms with Crippen LogP contribution in [0.5, 0.6) is 0 Å². The molecule has 0 aliphatic rings. The van der Waals surface area contributed by atoms with Crippen LogP contribution in [0.1, 0.15) is 28.3 Å². The average Bonchev–Trinajstić information content (AvgIpc) is 2.36. The summed E-state index contributed by atoms with van der Waals surface area (Å²) in [6, 6.07) is 12.9. The smallest absolute Gasteiger partial charge is 0.0347 e. The van der Waals surface area contributed by atoms with Gasteiger partial charge in [0.1, 0.15) is 0 Å². The lowest BCUT2D eigenvalue weighted by Crippen LogP contribution is -2.15. The van der Waals surface area contributed by atoms with E-state index >= 15 is 0 Å². The molecule has 0 spiro atoms. The highest BCUT2D eigenvalue weighted by molar-refractivity contribution is 14.1. The van der Waals surface area contributed by atoms with E-state index in [2.05, 4.69) is 88.8 Å². The first-order valence-electron chi connectivity index (χ1n) is 6.24. The topological polar surface area (TPSA) is 26.0 Å². The van der Waals surface area contributed by atoms with Gasteiger partial charge in [-0.1, -0.05) is 39.7 Å². The van der Waals surface area contributed by atoms with Gasteiger partial charge in [-0.25, -0.2) is 0 Å². The predicted octanol–water partition coefficient (Wildman–Crippen LogP) is 4.91. The Morgan fingerprint density at radius 2 is 1.89 bits per heavy atom. The van der Waals surface area contributed by atoms with E-state index in [0.29, 0.717) is 0 Å². The molecular formula is C16H17BrIN. The van der Waals surface area contributed by atoms with Gasteiger partial charge >= 0.3 is 0 Å². The number of hydrogen-bond acceptors (Lipinski definition) is 1. The molecule has 0 radical (unpaired) electrons. The largest absolute Gasteiger partial charge is 0.324 e. The summed E-state index contributed by atoms with van der Waals surface area (Å²) in [7, 11) is 0. The molecule has 1 atom stereocenters. The number of aryl methyl sites for hydroxylation is 2. The van der Waals surface area contributed by atoms with Crippen LogP contribution in [-0.4, -0.2) is 0 Å². The van der Waals surface area contributed by atoms with Gasteiger partial charge in [0.25, 0.3) is 0 Å². The normalized spacial score (nSPS) is 12.5. The highest BCUT2D eigenvalue weighted by Gasteiger charge is 2.12. The fourth-order valence-electron chi connectivity index (χ4n) is 2.17. The van der Waals surface area contributed by atoms with Crippen LogP contribution in [-0.2, 0) is 6.42 Å². The van der Waals surface area contributed by atoms with Crippen molar-refractivity contribution in [2.75, 3.05) is 0 Å². The van der Waals surface area contributed by atoms with E-state index in [1.165, 1.54) is 25.8 Å². The molecule has 2 aromatic carbocycles. The highest BCUT2D eigenvalue weighted by atomic mass is 127. The number of rotatable bonds is 3. The molecule has 0 aliphatic heterocycles. The Kier molecular flexibility index (Phi) is 5.03. The molecule has 0 heterocycles. The summed E-state index contributed by atoms with van der Waals surface area (Å²) in [6.07, 6.45) is 0.867. The third-order valence-electron chi connectivity index (χ3n) is 3.30. The maximum absolute atomic E-state index is 6.38.